The van der Waals surface area contributed by atoms with Crippen molar-refractivity contribution in [1.29, 1.82) is 0 Å². The molecule has 3 N–H and O–H groups in total. The maximum atomic E-state index is 11.6. The first-order valence-electron chi connectivity index (χ1n) is 8.90. The van der Waals surface area contributed by atoms with E-state index in [1.807, 2.05) is 12.1 Å². The Morgan fingerprint density at radius 2 is 1.65 bits per heavy atom. The van der Waals surface area contributed by atoms with E-state index in [0.29, 0.717) is 5.56 Å². The zero-order valence-electron chi connectivity index (χ0n) is 14.7. The lowest BCUT2D eigenvalue weighted by Gasteiger charge is -2.10. The molecule has 0 heterocycles. The minimum Gasteiger partial charge on any atom is -0.496 e. The molecule has 0 aliphatic rings. The van der Waals surface area contributed by atoms with Gasteiger partial charge in [-0.25, -0.2) is 5.84 Å². The topological polar surface area (TPSA) is 64.4 Å². The van der Waals surface area contributed by atoms with Crippen LogP contribution in [0.1, 0.15) is 80.6 Å². The van der Waals surface area contributed by atoms with Crippen LogP contribution in [0.25, 0.3) is 0 Å². The smallest absolute Gasteiger partial charge is 0.265 e. The lowest BCUT2D eigenvalue weighted by molar-refractivity contribution is 0.0953. The molecule has 130 valence electrons. The Morgan fingerprint density at radius 3 is 2.22 bits per heavy atom. The number of nitrogen functional groups attached to an aromatic ring is 1. The van der Waals surface area contributed by atoms with Gasteiger partial charge >= 0.3 is 0 Å². The fourth-order valence-corrected chi connectivity index (χ4v) is 2.82. The summed E-state index contributed by atoms with van der Waals surface area (Å²) in [5.41, 5.74) is 3.83. The number of methoxy groups -OCH3 is 1. The summed E-state index contributed by atoms with van der Waals surface area (Å²) in [5, 5.41) is 0. The Balaban J connectivity index is 2.31. The molecule has 0 fully saturated rings. The predicted molar refractivity (Wildman–Crippen MR) is 95.6 cm³/mol. The van der Waals surface area contributed by atoms with Gasteiger partial charge in [0.05, 0.1) is 7.11 Å². The standard InChI is InChI=1S/C19H32N2O2/c1-3-4-5-6-7-8-9-10-11-12-16-15-17(19(22)21-20)13-14-18(16)23-2/h13-15H,3-12,20H2,1-2H3,(H,21,22). The molecule has 1 rings (SSSR count). The Hall–Kier alpha value is -1.55. The first-order valence-corrected chi connectivity index (χ1v) is 8.90. The van der Waals surface area contributed by atoms with Crippen LogP contribution in [-0.4, -0.2) is 13.0 Å². The maximum Gasteiger partial charge on any atom is 0.265 e. The molecule has 1 amide bonds. The van der Waals surface area contributed by atoms with E-state index in [0.717, 1.165) is 24.2 Å². The monoisotopic (exact) mass is 320 g/mol. The molecule has 1 aromatic carbocycles. The number of nitrogens with one attached hydrogen (secondary N) is 1. The highest BCUT2D eigenvalue weighted by Crippen LogP contribution is 2.22. The molecular formula is C19H32N2O2. The average Bonchev–Trinajstić information content (AvgIpc) is 2.59. The number of benzene rings is 1. The van der Waals surface area contributed by atoms with Gasteiger partial charge < -0.3 is 4.74 Å². The molecule has 0 saturated heterocycles. The number of carbonyl (C=O) groups excluding carboxylic acids is 1. The van der Waals surface area contributed by atoms with E-state index in [4.69, 9.17) is 10.6 Å². The molecule has 0 radical (unpaired) electrons. The summed E-state index contributed by atoms with van der Waals surface area (Å²) < 4.78 is 5.38. The van der Waals surface area contributed by atoms with Crippen molar-refractivity contribution in [1.82, 2.24) is 5.43 Å². The summed E-state index contributed by atoms with van der Waals surface area (Å²) in [6.07, 6.45) is 12.7. The van der Waals surface area contributed by atoms with Gasteiger partial charge in [0.15, 0.2) is 0 Å². The highest BCUT2D eigenvalue weighted by atomic mass is 16.5. The first kappa shape index (κ1) is 19.5. The normalized spacial score (nSPS) is 10.6. The van der Waals surface area contributed by atoms with Crippen LogP contribution in [0.3, 0.4) is 0 Å². The van der Waals surface area contributed by atoms with Crippen LogP contribution in [0, 0.1) is 0 Å². The largest absolute Gasteiger partial charge is 0.496 e. The molecule has 0 unspecified atom stereocenters. The van der Waals surface area contributed by atoms with Crippen molar-refractivity contribution in [3.63, 3.8) is 0 Å². The van der Waals surface area contributed by atoms with Crippen LogP contribution in [0.4, 0.5) is 0 Å². The van der Waals surface area contributed by atoms with E-state index in [1.54, 1.807) is 13.2 Å². The average molecular weight is 320 g/mol. The molecule has 4 heteroatoms. The van der Waals surface area contributed by atoms with Gasteiger partial charge in [0.1, 0.15) is 5.75 Å². The Kier molecular flexibility index (Phi) is 10.1. The number of rotatable bonds is 12. The van der Waals surface area contributed by atoms with E-state index in [1.165, 1.54) is 51.4 Å². The van der Waals surface area contributed by atoms with Gasteiger partial charge in [0.2, 0.25) is 0 Å². The van der Waals surface area contributed by atoms with Crippen molar-refractivity contribution in [2.75, 3.05) is 7.11 Å². The van der Waals surface area contributed by atoms with Gasteiger partial charge in [-0.15, -0.1) is 0 Å². The summed E-state index contributed by atoms with van der Waals surface area (Å²) in [7, 11) is 1.66. The lowest BCUT2D eigenvalue weighted by atomic mass is 10.0. The summed E-state index contributed by atoms with van der Waals surface area (Å²) in [4.78, 5) is 11.6. The second-order valence-electron chi connectivity index (χ2n) is 6.08. The molecule has 0 bridgehead atoms. The Bertz CT molecular complexity index is 461. The first-order chi connectivity index (χ1) is 11.2. The highest BCUT2D eigenvalue weighted by Gasteiger charge is 2.09. The molecule has 0 atom stereocenters. The van der Waals surface area contributed by atoms with Crippen molar-refractivity contribution >= 4 is 5.91 Å². The lowest BCUT2D eigenvalue weighted by Crippen LogP contribution is -2.30. The Labute approximate surface area is 140 Å². The summed E-state index contributed by atoms with van der Waals surface area (Å²) in [5.74, 6) is 5.77. The summed E-state index contributed by atoms with van der Waals surface area (Å²) >= 11 is 0. The van der Waals surface area contributed by atoms with Crippen molar-refractivity contribution < 1.29 is 9.53 Å². The van der Waals surface area contributed by atoms with E-state index in [2.05, 4.69) is 12.3 Å². The van der Waals surface area contributed by atoms with E-state index < -0.39 is 0 Å². The second kappa shape index (κ2) is 11.9. The second-order valence-corrected chi connectivity index (χ2v) is 6.08. The van der Waals surface area contributed by atoms with Crippen LogP contribution >= 0.6 is 0 Å². The molecule has 0 aromatic heterocycles. The molecule has 0 spiro atoms. The molecule has 4 nitrogen and oxygen atoms in total. The molecular weight excluding hydrogens is 288 g/mol. The maximum absolute atomic E-state index is 11.6. The van der Waals surface area contributed by atoms with Crippen LogP contribution in [-0.2, 0) is 6.42 Å². The number of carbonyl (C=O) groups is 1. The van der Waals surface area contributed by atoms with Gasteiger partial charge in [0, 0.05) is 5.56 Å². The van der Waals surface area contributed by atoms with E-state index >= 15 is 0 Å². The zero-order valence-corrected chi connectivity index (χ0v) is 14.7. The van der Waals surface area contributed by atoms with Crippen LogP contribution in [0.5, 0.6) is 5.75 Å². The Morgan fingerprint density at radius 1 is 1.04 bits per heavy atom. The number of hydrogen-bond acceptors (Lipinski definition) is 3. The van der Waals surface area contributed by atoms with E-state index in [-0.39, 0.29) is 5.91 Å². The summed E-state index contributed by atoms with van der Waals surface area (Å²) in [6, 6.07) is 5.46. The molecule has 0 aliphatic carbocycles. The van der Waals surface area contributed by atoms with Crippen LogP contribution in [0.15, 0.2) is 18.2 Å². The van der Waals surface area contributed by atoms with Gasteiger partial charge in [-0.3, -0.25) is 10.2 Å². The van der Waals surface area contributed by atoms with Crippen molar-refractivity contribution in [3.05, 3.63) is 29.3 Å². The number of nitrogens with two attached hydrogens (primary N) is 1. The molecule has 0 aliphatic heterocycles. The minimum absolute atomic E-state index is 0.263. The number of hydrogen-bond donors (Lipinski definition) is 2. The SMILES string of the molecule is CCCCCCCCCCCc1cc(C(=O)NN)ccc1OC. The van der Waals surface area contributed by atoms with Crippen LogP contribution < -0.4 is 16.0 Å². The highest BCUT2D eigenvalue weighted by molar-refractivity contribution is 5.94. The van der Waals surface area contributed by atoms with Gasteiger partial charge in [-0.2, -0.15) is 0 Å². The number of ether oxygens (including phenoxy) is 1. The van der Waals surface area contributed by atoms with Crippen molar-refractivity contribution in [2.45, 2.75) is 71.1 Å². The fourth-order valence-electron chi connectivity index (χ4n) is 2.82. The van der Waals surface area contributed by atoms with Gasteiger partial charge in [-0.1, -0.05) is 58.3 Å². The third-order valence-corrected chi connectivity index (χ3v) is 4.22. The van der Waals surface area contributed by atoms with Gasteiger partial charge in [0.25, 0.3) is 5.91 Å². The number of hydrazine groups is 1. The third-order valence-electron chi connectivity index (χ3n) is 4.22. The van der Waals surface area contributed by atoms with Crippen LogP contribution in [0.2, 0.25) is 0 Å². The predicted octanol–water partition coefficient (Wildman–Crippen LogP) is 4.37. The fraction of sp³-hybridized carbons (Fsp3) is 0.632. The third kappa shape index (κ3) is 7.51. The molecule has 23 heavy (non-hydrogen) atoms. The molecule has 0 saturated carbocycles. The zero-order chi connectivity index (χ0) is 16.9. The molecule has 1 aromatic rings. The number of amides is 1. The minimum atomic E-state index is -0.263. The number of aryl methyl sites for hydroxylation is 1. The van der Waals surface area contributed by atoms with Crippen molar-refractivity contribution in [2.24, 2.45) is 5.84 Å². The number of unbranched alkanes of at least 4 members (excludes halogenated alkanes) is 8. The van der Waals surface area contributed by atoms with E-state index in [9.17, 15) is 4.79 Å². The van der Waals surface area contributed by atoms with Gasteiger partial charge in [-0.05, 0) is 36.6 Å². The van der Waals surface area contributed by atoms with Crippen molar-refractivity contribution in [3.8, 4) is 5.75 Å². The quantitative estimate of drug-likeness (QED) is 0.260. The summed E-state index contributed by atoms with van der Waals surface area (Å²) in [6.45, 7) is 2.25.